The van der Waals surface area contributed by atoms with Crippen molar-refractivity contribution in [3.05, 3.63) is 17.8 Å². The fourth-order valence-corrected chi connectivity index (χ4v) is 2.72. The third kappa shape index (κ3) is 2.00. The molecule has 6 nitrogen and oxygen atoms in total. The Bertz CT molecular complexity index is 667. The summed E-state index contributed by atoms with van der Waals surface area (Å²) >= 11 is 1.50. The largest absolute Gasteiger partial charge is 0.376 e. The molecule has 0 bridgehead atoms. The number of hydrogen-bond acceptors (Lipinski definition) is 6. The molecule has 0 saturated heterocycles. The highest BCUT2D eigenvalue weighted by Crippen LogP contribution is 2.30. The van der Waals surface area contributed by atoms with Gasteiger partial charge in [0, 0.05) is 7.11 Å². The first kappa shape index (κ1) is 12.2. The second-order valence-electron chi connectivity index (χ2n) is 4.18. The molecule has 3 heterocycles. The van der Waals surface area contributed by atoms with Crippen molar-refractivity contribution in [2.45, 2.75) is 19.4 Å². The lowest BCUT2D eigenvalue weighted by molar-refractivity contribution is -0.117. The Balaban J connectivity index is 2.04. The van der Waals surface area contributed by atoms with Gasteiger partial charge in [0.2, 0.25) is 0 Å². The van der Waals surface area contributed by atoms with Crippen molar-refractivity contribution in [3.8, 4) is 0 Å². The van der Waals surface area contributed by atoms with Crippen LogP contribution in [0.4, 0.5) is 5.82 Å². The molecule has 98 valence electrons. The van der Waals surface area contributed by atoms with Gasteiger partial charge in [-0.15, -0.1) is 11.3 Å². The zero-order valence-electron chi connectivity index (χ0n) is 10.5. The molecule has 0 N–H and O–H groups in total. The van der Waals surface area contributed by atoms with E-state index < -0.39 is 0 Å². The molecular formula is C12H12N4O2S. The average molecular weight is 276 g/mol. The quantitative estimate of drug-likeness (QED) is 0.857. The molecule has 2 aromatic rings. The summed E-state index contributed by atoms with van der Waals surface area (Å²) < 4.78 is 6.07. The highest BCUT2D eigenvalue weighted by molar-refractivity contribution is 7.17. The molecule has 1 aliphatic heterocycles. The molecule has 1 aliphatic rings. The molecule has 0 spiro atoms. The smallest absolute Gasteiger partial charge is 0.254 e. The normalized spacial score (nSPS) is 17.1. The van der Waals surface area contributed by atoms with Crippen LogP contribution in [0.1, 0.15) is 13.3 Å². The second-order valence-corrected chi connectivity index (χ2v) is 5.10. The molecular weight excluding hydrogens is 264 g/mol. The van der Waals surface area contributed by atoms with E-state index in [0.29, 0.717) is 5.82 Å². The number of thiophene rings is 1. The molecule has 0 saturated carbocycles. The average Bonchev–Trinajstić information content (AvgIpc) is 3.03. The van der Waals surface area contributed by atoms with Gasteiger partial charge in [0.1, 0.15) is 6.33 Å². The Hall–Kier alpha value is -1.86. The first-order valence-electron chi connectivity index (χ1n) is 5.82. The lowest BCUT2D eigenvalue weighted by Crippen LogP contribution is -2.21. The van der Waals surface area contributed by atoms with Gasteiger partial charge in [0.15, 0.2) is 5.82 Å². The number of methoxy groups -OCH3 is 1. The van der Waals surface area contributed by atoms with Crippen LogP contribution in [0.25, 0.3) is 10.2 Å². The number of carbonyl (C=O) groups is 1. The van der Waals surface area contributed by atoms with E-state index in [4.69, 9.17) is 4.74 Å². The van der Waals surface area contributed by atoms with Crippen molar-refractivity contribution in [1.82, 2.24) is 9.97 Å². The fraction of sp³-hybridized carbons (Fsp3) is 0.333. The third-order valence-electron chi connectivity index (χ3n) is 3.04. The number of ether oxygens (including phenoxy) is 1. The van der Waals surface area contributed by atoms with E-state index in [2.05, 4.69) is 15.1 Å². The van der Waals surface area contributed by atoms with E-state index in [1.165, 1.54) is 22.7 Å². The molecule has 1 unspecified atom stereocenters. The van der Waals surface area contributed by atoms with Crippen LogP contribution < -0.4 is 5.01 Å². The Morgan fingerprint density at radius 3 is 3.11 bits per heavy atom. The van der Waals surface area contributed by atoms with Gasteiger partial charge in [-0.2, -0.15) is 10.1 Å². The minimum atomic E-state index is -0.172. The van der Waals surface area contributed by atoms with Crippen LogP contribution in [0.5, 0.6) is 0 Å². The van der Waals surface area contributed by atoms with Crippen molar-refractivity contribution in [2.75, 3.05) is 12.1 Å². The van der Waals surface area contributed by atoms with E-state index in [1.807, 2.05) is 18.4 Å². The van der Waals surface area contributed by atoms with Crippen molar-refractivity contribution < 1.29 is 9.53 Å². The number of hydrogen-bond donors (Lipinski definition) is 0. The molecule has 7 heteroatoms. The summed E-state index contributed by atoms with van der Waals surface area (Å²) in [5.74, 6) is 0.454. The molecule has 0 aromatic carbocycles. The van der Waals surface area contributed by atoms with Crippen LogP contribution in [0.15, 0.2) is 22.9 Å². The zero-order chi connectivity index (χ0) is 13.4. The van der Waals surface area contributed by atoms with E-state index in [9.17, 15) is 4.79 Å². The number of anilines is 1. The Kier molecular flexibility index (Phi) is 3.00. The molecule has 0 aliphatic carbocycles. The second kappa shape index (κ2) is 4.67. The van der Waals surface area contributed by atoms with Gasteiger partial charge in [0.05, 0.1) is 28.5 Å². The van der Waals surface area contributed by atoms with Gasteiger partial charge in [-0.1, -0.05) is 0 Å². The topological polar surface area (TPSA) is 67.7 Å². The molecule has 0 fully saturated rings. The highest BCUT2D eigenvalue weighted by Gasteiger charge is 2.30. The van der Waals surface area contributed by atoms with Crippen molar-refractivity contribution in [3.63, 3.8) is 0 Å². The van der Waals surface area contributed by atoms with Crippen LogP contribution in [-0.4, -0.2) is 34.8 Å². The summed E-state index contributed by atoms with van der Waals surface area (Å²) in [7, 11) is 1.60. The molecule has 3 rings (SSSR count). The lowest BCUT2D eigenvalue weighted by atomic mass is 10.2. The first-order chi connectivity index (χ1) is 9.20. The minimum Gasteiger partial charge on any atom is -0.376 e. The van der Waals surface area contributed by atoms with E-state index >= 15 is 0 Å². The third-order valence-corrected chi connectivity index (χ3v) is 3.94. The van der Waals surface area contributed by atoms with Crippen molar-refractivity contribution in [1.29, 1.82) is 0 Å². The Morgan fingerprint density at radius 2 is 2.32 bits per heavy atom. The number of carbonyl (C=O) groups excluding carboxylic acids is 1. The predicted octanol–water partition coefficient (Wildman–Crippen LogP) is 1.82. The zero-order valence-corrected chi connectivity index (χ0v) is 11.3. The van der Waals surface area contributed by atoms with Gasteiger partial charge in [-0.25, -0.2) is 9.97 Å². The van der Waals surface area contributed by atoms with Crippen LogP contribution in [-0.2, 0) is 9.53 Å². The number of aromatic nitrogens is 2. The maximum absolute atomic E-state index is 12.1. The number of hydrazone groups is 1. The van der Waals surface area contributed by atoms with Gasteiger partial charge >= 0.3 is 0 Å². The van der Waals surface area contributed by atoms with E-state index in [1.54, 1.807) is 7.11 Å². The fourth-order valence-electron chi connectivity index (χ4n) is 1.90. The van der Waals surface area contributed by atoms with Gasteiger partial charge in [0.25, 0.3) is 5.91 Å². The van der Waals surface area contributed by atoms with Gasteiger partial charge < -0.3 is 4.74 Å². The molecule has 19 heavy (non-hydrogen) atoms. The van der Waals surface area contributed by atoms with Gasteiger partial charge in [-0.05, 0) is 18.4 Å². The van der Waals surface area contributed by atoms with Crippen LogP contribution >= 0.6 is 11.3 Å². The first-order valence-corrected chi connectivity index (χ1v) is 6.70. The summed E-state index contributed by atoms with van der Waals surface area (Å²) in [5.41, 5.74) is 1.54. The molecule has 2 aromatic heterocycles. The molecule has 1 atom stereocenters. The monoisotopic (exact) mass is 276 g/mol. The lowest BCUT2D eigenvalue weighted by Gasteiger charge is -2.10. The van der Waals surface area contributed by atoms with Crippen molar-refractivity contribution in [2.24, 2.45) is 5.10 Å². The summed E-state index contributed by atoms with van der Waals surface area (Å²) in [4.78, 5) is 20.4. The van der Waals surface area contributed by atoms with Crippen LogP contribution in [0.2, 0.25) is 0 Å². The number of nitrogens with zero attached hydrogens (tertiary/aromatic N) is 4. The Morgan fingerprint density at radius 1 is 1.47 bits per heavy atom. The molecule has 0 radical (unpaired) electrons. The number of fused-ring (bicyclic) bond motifs is 1. The number of amides is 1. The summed E-state index contributed by atoms with van der Waals surface area (Å²) in [6, 6.07) is 1.90. The van der Waals surface area contributed by atoms with E-state index in [-0.39, 0.29) is 18.4 Å². The minimum absolute atomic E-state index is 0.0905. The maximum atomic E-state index is 12.1. The standard InChI is InChI=1S/C12H12N4O2S/c1-7(18-2)9-5-10(17)16(15-9)12-11-8(3-4-19-11)13-6-14-12/h3-4,6-7H,5H2,1-2H3. The summed E-state index contributed by atoms with van der Waals surface area (Å²) in [6.45, 7) is 1.87. The Labute approximate surface area is 113 Å². The highest BCUT2D eigenvalue weighted by atomic mass is 32.1. The van der Waals surface area contributed by atoms with E-state index in [0.717, 1.165) is 15.9 Å². The number of rotatable bonds is 3. The summed E-state index contributed by atoms with van der Waals surface area (Å²) in [5, 5.41) is 7.61. The predicted molar refractivity (Wildman–Crippen MR) is 73.4 cm³/mol. The maximum Gasteiger partial charge on any atom is 0.254 e. The molecule has 1 amide bonds. The van der Waals surface area contributed by atoms with Gasteiger partial charge in [-0.3, -0.25) is 4.79 Å². The van der Waals surface area contributed by atoms with Crippen molar-refractivity contribution >= 4 is 39.0 Å². The SMILES string of the molecule is COC(C)C1=NN(c2ncnc3ccsc23)C(=O)C1. The van der Waals surface area contributed by atoms with Crippen LogP contribution in [0, 0.1) is 0 Å². The van der Waals surface area contributed by atoms with Crippen LogP contribution in [0.3, 0.4) is 0 Å². The summed E-state index contributed by atoms with van der Waals surface area (Å²) in [6.07, 6.45) is 1.55.